The molecule has 2 aromatic rings. The van der Waals surface area contributed by atoms with Gasteiger partial charge >= 0.3 is 0 Å². The van der Waals surface area contributed by atoms with E-state index in [-0.39, 0.29) is 22.7 Å². The molecule has 0 saturated heterocycles. The molecule has 0 aliphatic carbocycles. The normalized spacial score (nSPS) is 11.1. The number of ketones is 4. The van der Waals surface area contributed by atoms with Gasteiger partial charge in [-0.2, -0.15) is 0 Å². The van der Waals surface area contributed by atoms with Crippen LogP contribution in [-0.4, -0.2) is 62.1 Å². The largest absolute Gasteiger partial charge is 0.346 e. The smallest absolute Gasteiger partial charge is 0.233 e. The van der Waals surface area contributed by atoms with Crippen LogP contribution >= 0.6 is 0 Å². The van der Waals surface area contributed by atoms with E-state index < -0.39 is 24.1 Å². The number of hydrogen-bond acceptors (Lipinski definition) is 8. The van der Waals surface area contributed by atoms with Crippen LogP contribution < -0.4 is 0 Å². The van der Waals surface area contributed by atoms with Gasteiger partial charge in [-0.15, -0.1) is 0 Å². The summed E-state index contributed by atoms with van der Waals surface area (Å²) in [5, 5.41) is 0. The maximum Gasteiger partial charge on any atom is 0.233 e. The Morgan fingerprint density at radius 1 is 0.500 bits per heavy atom. The highest BCUT2D eigenvalue weighted by atomic mass is 16.7. The molecular formula is C26H30O8. The zero-order chi connectivity index (χ0) is 25.1. The van der Waals surface area contributed by atoms with Crippen molar-refractivity contribution in [2.24, 2.45) is 0 Å². The zero-order valence-corrected chi connectivity index (χ0v) is 19.9. The second-order valence-corrected chi connectivity index (χ2v) is 7.03. The molecule has 0 N–H and O–H groups in total. The number of carbonyl (C=O) groups excluding carboxylic acids is 4. The Bertz CT molecular complexity index is 885. The molecule has 0 amide bonds. The Hall–Kier alpha value is -3.04. The van der Waals surface area contributed by atoms with Crippen LogP contribution in [0.3, 0.4) is 0 Å². The van der Waals surface area contributed by atoms with Crippen molar-refractivity contribution >= 4 is 23.1 Å². The Morgan fingerprint density at radius 3 is 0.971 bits per heavy atom. The van der Waals surface area contributed by atoms with Crippen molar-refractivity contribution in [3.05, 3.63) is 70.8 Å². The molecule has 8 heteroatoms. The molecular weight excluding hydrogens is 440 g/mol. The third-order valence-electron chi connectivity index (χ3n) is 4.77. The van der Waals surface area contributed by atoms with Crippen molar-refractivity contribution in [3.63, 3.8) is 0 Å². The first-order chi connectivity index (χ1) is 16.4. The van der Waals surface area contributed by atoms with E-state index in [0.29, 0.717) is 37.6 Å². The standard InChI is InChI=1S/C26H30O8/c1-5-31-25(32-6-2)23(29)19-13-9-17(10-14-19)21(27)22(28)18-11-15-20(16-12-18)24(30)26(33-7-3)34-8-4/h9-16,25-26H,5-8H2,1-4H3. The Balaban J connectivity index is 2.12. The van der Waals surface area contributed by atoms with Gasteiger partial charge < -0.3 is 18.9 Å². The summed E-state index contributed by atoms with van der Waals surface area (Å²) in [4.78, 5) is 50.4. The highest BCUT2D eigenvalue weighted by molar-refractivity contribution is 6.49. The lowest BCUT2D eigenvalue weighted by molar-refractivity contribution is -0.107. The number of benzene rings is 2. The van der Waals surface area contributed by atoms with E-state index in [4.69, 9.17) is 18.9 Å². The van der Waals surface area contributed by atoms with Crippen LogP contribution in [0, 0.1) is 0 Å². The van der Waals surface area contributed by atoms with E-state index in [9.17, 15) is 19.2 Å². The van der Waals surface area contributed by atoms with Crippen molar-refractivity contribution in [1.29, 1.82) is 0 Å². The molecule has 0 fully saturated rings. The van der Waals surface area contributed by atoms with Gasteiger partial charge in [-0.05, 0) is 27.7 Å². The topological polar surface area (TPSA) is 105 Å². The minimum absolute atomic E-state index is 0.138. The van der Waals surface area contributed by atoms with E-state index >= 15 is 0 Å². The minimum atomic E-state index is -1.02. The van der Waals surface area contributed by atoms with Crippen LogP contribution in [0.25, 0.3) is 0 Å². The lowest BCUT2D eigenvalue weighted by atomic mass is 9.98. The van der Waals surface area contributed by atoms with E-state index in [0.717, 1.165) is 0 Å². The summed E-state index contributed by atoms with van der Waals surface area (Å²) in [5.41, 5.74) is 0.881. The predicted octanol–water partition coefficient (Wildman–Crippen LogP) is 3.92. The van der Waals surface area contributed by atoms with Crippen molar-refractivity contribution in [3.8, 4) is 0 Å². The third kappa shape index (κ3) is 6.98. The molecule has 0 saturated carbocycles. The van der Waals surface area contributed by atoms with Crippen LogP contribution in [0.2, 0.25) is 0 Å². The molecule has 0 atom stereocenters. The maximum absolute atomic E-state index is 12.7. The van der Waals surface area contributed by atoms with Gasteiger partial charge in [0, 0.05) is 48.7 Å². The monoisotopic (exact) mass is 470 g/mol. The van der Waals surface area contributed by atoms with Gasteiger partial charge in [-0.1, -0.05) is 48.5 Å². The molecule has 8 nitrogen and oxygen atoms in total. The lowest BCUT2D eigenvalue weighted by Crippen LogP contribution is -2.28. The summed E-state index contributed by atoms with van der Waals surface area (Å²) >= 11 is 0. The van der Waals surface area contributed by atoms with Crippen molar-refractivity contribution in [1.82, 2.24) is 0 Å². The zero-order valence-electron chi connectivity index (χ0n) is 19.9. The summed E-state index contributed by atoms with van der Waals surface area (Å²) in [6.45, 7) is 8.26. The van der Waals surface area contributed by atoms with Gasteiger partial charge in [0.2, 0.25) is 35.7 Å². The molecule has 34 heavy (non-hydrogen) atoms. The van der Waals surface area contributed by atoms with Gasteiger partial charge in [0.25, 0.3) is 0 Å². The molecule has 0 aliphatic rings. The van der Waals surface area contributed by atoms with Gasteiger partial charge in [0.05, 0.1) is 0 Å². The second-order valence-electron chi connectivity index (χ2n) is 7.03. The van der Waals surface area contributed by atoms with E-state index in [1.54, 1.807) is 27.7 Å². The van der Waals surface area contributed by atoms with Crippen LogP contribution in [0.1, 0.15) is 69.1 Å². The Labute approximate surface area is 199 Å². The molecule has 182 valence electrons. The molecule has 2 aromatic carbocycles. The Morgan fingerprint density at radius 2 is 0.735 bits per heavy atom. The van der Waals surface area contributed by atoms with Crippen LogP contribution in [0.5, 0.6) is 0 Å². The summed E-state index contributed by atoms with van der Waals surface area (Å²) < 4.78 is 21.2. The summed E-state index contributed by atoms with van der Waals surface area (Å²) in [7, 11) is 0. The predicted molar refractivity (Wildman–Crippen MR) is 124 cm³/mol. The van der Waals surface area contributed by atoms with E-state index in [1.165, 1.54) is 48.5 Å². The number of carbonyl (C=O) groups is 4. The number of ether oxygens (including phenoxy) is 4. The molecule has 0 spiro atoms. The SMILES string of the molecule is CCOC(OCC)C(=O)c1ccc(C(=O)C(=O)c2ccc(C(=O)C(OCC)OCC)cc2)cc1. The van der Waals surface area contributed by atoms with Crippen molar-refractivity contribution in [2.45, 2.75) is 40.3 Å². The second kappa shape index (κ2) is 13.6. The lowest BCUT2D eigenvalue weighted by Gasteiger charge is -2.15. The fraction of sp³-hybridized carbons (Fsp3) is 0.385. The first-order valence-corrected chi connectivity index (χ1v) is 11.2. The number of rotatable bonds is 15. The van der Waals surface area contributed by atoms with Crippen molar-refractivity contribution < 1.29 is 38.1 Å². The fourth-order valence-corrected chi connectivity index (χ4v) is 3.11. The maximum atomic E-state index is 12.7. The first kappa shape index (κ1) is 27.2. The molecule has 0 aliphatic heterocycles. The van der Waals surface area contributed by atoms with Crippen LogP contribution in [0.4, 0.5) is 0 Å². The quantitative estimate of drug-likeness (QED) is 0.219. The summed E-state index contributed by atoms with van der Waals surface area (Å²) in [6, 6.07) is 11.5. The summed E-state index contributed by atoms with van der Waals surface area (Å²) in [6.07, 6.45) is -2.05. The third-order valence-corrected chi connectivity index (χ3v) is 4.77. The average molecular weight is 471 g/mol. The van der Waals surface area contributed by atoms with E-state index in [2.05, 4.69) is 0 Å². The van der Waals surface area contributed by atoms with Gasteiger partial charge in [0.1, 0.15) is 0 Å². The number of Topliss-reactive ketones (excluding diaryl/α,β-unsaturated/α-hetero) is 4. The number of hydrogen-bond donors (Lipinski definition) is 0. The van der Waals surface area contributed by atoms with Crippen LogP contribution in [-0.2, 0) is 18.9 Å². The molecule has 0 bridgehead atoms. The molecule has 0 unspecified atom stereocenters. The van der Waals surface area contributed by atoms with Gasteiger partial charge in [0.15, 0.2) is 0 Å². The Kier molecular flexibility index (Phi) is 10.9. The van der Waals surface area contributed by atoms with E-state index in [1.807, 2.05) is 0 Å². The molecule has 2 rings (SSSR count). The molecule has 0 heterocycles. The first-order valence-electron chi connectivity index (χ1n) is 11.2. The highest BCUT2D eigenvalue weighted by Crippen LogP contribution is 2.15. The minimum Gasteiger partial charge on any atom is -0.346 e. The molecule has 0 aromatic heterocycles. The van der Waals surface area contributed by atoms with Gasteiger partial charge in [-0.3, -0.25) is 19.2 Å². The summed E-state index contributed by atoms with van der Waals surface area (Å²) in [5.74, 6) is -2.20. The highest BCUT2D eigenvalue weighted by Gasteiger charge is 2.24. The van der Waals surface area contributed by atoms with Crippen LogP contribution in [0.15, 0.2) is 48.5 Å². The van der Waals surface area contributed by atoms with Crippen molar-refractivity contribution in [2.75, 3.05) is 26.4 Å². The fourth-order valence-electron chi connectivity index (χ4n) is 3.11. The average Bonchev–Trinajstić information content (AvgIpc) is 2.87. The molecule has 0 radical (unpaired) electrons. The van der Waals surface area contributed by atoms with Gasteiger partial charge in [-0.25, -0.2) is 0 Å².